The molecule has 1 saturated carbocycles. The smallest absolute Gasteiger partial charge is 0.115 e. The summed E-state index contributed by atoms with van der Waals surface area (Å²) < 4.78 is 12.6. The van der Waals surface area contributed by atoms with E-state index in [1.807, 2.05) is 18.2 Å². The molecule has 1 nitrogen and oxygen atoms in total. The molecule has 0 aliphatic heterocycles. The molecule has 0 saturated heterocycles. The quantitative estimate of drug-likeness (QED) is 0.810. The van der Waals surface area contributed by atoms with E-state index in [9.17, 15) is 4.39 Å². The van der Waals surface area contributed by atoms with Crippen molar-refractivity contribution in [3.8, 4) is 0 Å². The number of hydrogen-bond donors (Lipinski definition) is 1. The van der Waals surface area contributed by atoms with E-state index < -0.39 is 0 Å². The second-order valence-electron chi connectivity index (χ2n) is 4.73. The molecule has 15 heavy (non-hydrogen) atoms. The van der Waals surface area contributed by atoms with Gasteiger partial charge in [0.2, 0.25) is 0 Å². The Labute approximate surface area is 90.5 Å². The third-order valence-corrected chi connectivity index (χ3v) is 3.65. The maximum Gasteiger partial charge on any atom is 0.115 e. The molecule has 2 rings (SSSR count). The Hall–Kier alpha value is -0.890. The number of benzene rings is 1. The lowest BCUT2D eigenvalue weighted by atomic mass is 9.85. The highest BCUT2D eigenvalue weighted by molar-refractivity contribution is 5.42. The molecule has 2 heteroatoms. The largest absolute Gasteiger partial charge is 0.327 e. The summed E-state index contributed by atoms with van der Waals surface area (Å²) in [4.78, 5) is 0. The van der Waals surface area contributed by atoms with E-state index in [0.717, 1.165) is 18.4 Å². The van der Waals surface area contributed by atoms with E-state index in [1.54, 1.807) is 0 Å². The average molecular weight is 207 g/mol. The van der Waals surface area contributed by atoms with Gasteiger partial charge in [-0.2, -0.15) is 0 Å². The van der Waals surface area contributed by atoms with E-state index in [1.165, 1.54) is 11.1 Å². The highest BCUT2D eigenvalue weighted by atomic mass is 19.1. The number of halogens is 1. The first-order valence-electron chi connectivity index (χ1n) is 5.52. The Bertz CT molecular complexity index is 367. The van der Waals surface area contributed by atoms with Crippen molar-refractivity contribution < 1.29 is 4.39 Å². The van der Waals surface area contributed by atoms with Crippen molar-refractivity contribution in [3.05, 3.63) is 34.9 Å². The first-order valence-corrected chi connectivity index (χ1v) is 5.52. The average Bonchev–Trinajstić information content (AvgIpc) is 2.99. The number of hydrogen-bond acceptors (Lipinski definition) is 1. The second-order valence-corrected chi connectivity index (χ2v) is 4.73. The van der Waals surface area contributed by atoms with Crippen LogP contribution in [0.5, 0.6) is 0 Å². The molecule has 0 bridgehead atoms. The van der Waals surface area contributed by atoms with Gasteiger partial charge in [0.25, 0.3) is 0 Å². The van der Waals surface area contributed by atoms with Crippen LogP contribution in [0.15, 0.2) is 18.2 Å². The molecule has 1 aliphatic carbocycles. The predicted molar refractivity (Wildman–Crippen MR) is 60.6 cm³/mol. The number of alkyl halides is 1. The minimum atomic E-state index is -0.387. The third kappa shape index (κ3) is 1.67. The number of rotatable bonds is 3. The van der Waals surface area contributed by atoms with Gasteiger partial charge in [0.15, 0.2) is 0 Å². The fraction of sp³-hybridized carbons (Fsp3) is 0.538. The van der Waals surface area contributed by atoms with E-state index in [-0.39, 0.29) is 18.1 Å². The maximum absolute atomic E-state index is 12.6. The van der Waals surface area contributed by atoms with Crippen molar-refractivity contribution in [2.45, 2.75) is 44.8 Å². The molecule has 2 N–H and O–H groups in total. The third-order valence-electron chi connectivity index (χ3n) is 3.65. The van der Waals surface area contributed by atoms with Crippen LogP contribution in [0.2, 0.25) is 0 Å². The van der Waals surface area contributed by atoms with E-state index >= 15 is 0 Å². The molecule has 1 aliphatic rings. The topological polar surface area (TPSA) is 26.0 Å². The summed E-state index contributed by atoms with van der Waals surface area (Å²) in [7, 11) is 0. The zero-order chi connectivity index (χ0) is 11.1. The zero-order valence-electron chi connectivity index (χ0n) is 9.39. The molecule has 1 aromatic carbocycles. The van der Waals surface area contributed by atoms with Crippen LogP contribution in [0.3, 0.4) is 0 Å². The van der Waals surface area contributed by atoms with Gasteiger partial charge in [-0.3, -0.25) is 0 Å². The van der Waals surface area contributed by atoms with Crippen molar-refractivity contribution in [2.24, 2.45) is 5.73 Å². The molecular weight excluding hydrogens is 189 g/mol. The van der Waals surface area contributed by atoms with E-state index in [0.29, 0.717) is 0 Å². The van der Waals surface area contributed by atoms with Crippen molar-refractivity contribution in [3.63, 3.8) is 0 Å². The molecule has 82 valence electrons. The minimum Gasteiger partial charge on any atom is -0.327 e. The Kier molecular flexibility index (Phi) is 2.55. The van der Waals surface area contributed by atoms with Crippen LogP contribution in [0.1, 0.15) is 36.5 Å². The van der Waals surface area contributed by atoms with Crippen LogP contribution < -0.4 is 5.73 Å². The molecule has 0 heterocycles. The summed E-state index contributed by atoms with van der Waals surface area (Å²) in [5, 5.41) is 0. The maximum atomic E-state index is 12.6. The normalized spacial score (nSPS) is 20.0. The Morgan fingerprint density at radius 3 is 2.60 bits per heavy atom. The van der Waals surface area contributed by atoms with Gasteiger partial charge >= 0.3 is 0 Å². The van der Waals surface area contributed by atoms with Gasteiger partial charge in [-0.1, -0.05) is 18.2 Å². The van der Waals surface area contributed by atoms with Crippen molar-refractivity contribution >= 4 is 0 Å². The highest BCUT2D eigenvalue weighted by Crippen LogP contribution is 2.51. The lowest BCUT2D eigenvalue weighted by Gasteiger charge is -2.22. The van der Waals surface area contributed by atoms with Gasteiger partial charge in [0, 0.05) is 11.5 Å². The summed E-state index contributed by atoms with van der Waals surface area (Å²) in [5.74, 6) is 0. The summed E-state index contributed by atoms with van der Waals surface area (Å²) in [5.41, 5.74) is 9.43. The fourth-order valence-electron chi connectivity index (χ4n) is 2.39. The van der Waals surface area contributed by atoms with E-state index in [4.69, 9.17) is 5.73 Å². The van der Waals surface area contributed by atoms with Crippen molar-refractivity contribution in [1.82, 2.24) is 0 Å². The van der Waals surface area contributed by atoms with Crippen LogP contribution in [0.25, 0.3) is 0 Å². The molecule has 1 unspecified atom stereocenters. The highest BCUT2D eigenvalue weighted by Gasteiger charge is 2.48. The second kappa shape index (κ2) is 3.60. The van der Waals surface area contributed by atoms with Crippen molar-refractivity contribution in [2.75, 3.05) is 0 Å². The summed E-state index contributed by atoms with van der Waals surface area (Å²) in [6.45, 7) is 3.75. The van der Waals surface area contributed by atoms with Gasteiger partial charge < -0.3 is 5.73 Å². The number of aryl methyl sites for hydroxylation is 1. The summed E-state index contributed by atoms with van der Waals surface area (Å²) >= 11 is 0. The molecular formula is C13H18FN. The molecule has 1 aromatic rings. The first-order chi connectivity index (χ1) is 7.10. The Balaban J connectivity index is 2.43. The van der Waals surface area contributed by atoms with Crippen LogP contribution in [0.4, 0.5) is 4.39 Å². The molecule has 1 atom stereocenters. The van der Waals surface area contributed by atoms with Crippen LogP contribution in [-0.2, 0) is 12.1 Å². The summed E-state index contributed by atoms with van der Waals surface area (Å²) in [6.07, 6.45) is 2.28. The predicted octanol–water partition coefficient (Wildman–Crippen LogP) is 2.84. The molecule has 0 radical (unpaired) electrons. The molecule has 0 spiro atoms. The fourth-order valence-corrected chi connectivity index (χ4v) is 2.39. The van der Waals surface area contributed by atoms with Gasteiger partial charge in [0.05, 0.1) is 0 Å². The van der Waals surface area contributed by atoms with Gasteiger partial charge in [-0.15, -0.1) is 0 Å². The van der Waals surface area contributed by atoms with Crippen LogP contribution >= 0.6 is 0 Å². The molecule has 1 fully saturated rings. The Morgan fingerprint density at radius 2 is 2.13 bits per heavy atom. The van der Waals surface area contributed by atoms with Crippen LogP contribution in [0, 0.1) is 6.92 Å². The summed E-state index contributed by atoms with van der Waals surface area (Å²) in [6, 6.07) is 6.01. The standard InChI is InChI=1S/C13H18FN/c1-9-3-4-11(8-14)7-12(9)13(5-6-13)10(2)15/h3-4,7,10H,5-6,8,15H2,1-2H3. The van der Waals surface area contributed by atoms with Gasteiger partial charge in [-0.05, 0) is 43.4 Å². The number of nitrogens with two attached hydrogens (primary N) is 1. The van der Waals surface area contributed by atoms with Gasteiger partial charge in [0.1, 0.15) is 6.67 Å². The minimum absolute atomic E-state index is 0.134. The molecule has 0 aromatic heterocycles. The van der Waals surface area contributed by atoms with E-state index in [2.05, 4.69) is 13.8 Å². The van der Waals surface area contributed by atoms with Crippen molar-refractivity contribution in [1.29, 1.82) is 0 Å². The Morgan fingerprint density at radius 1 is 1.47 bits per heavy atom. The lowest BCUT2D eigenvalue weighted by Crippen LogP contribution is -2.32. The first kappa shape index (κ1) is 10.6. The molecule has 0 amide bonds. The zero-order valence-corrected chi connectivity index (χ0v) is 9.39. The van der Waals surface area contributed by atoms with Crippen LogP contribution in [-0.4, -0.2) is 6.04 Å². The van der Waals surface area contributed by atoms with Gasteiger partial charge in [-0.25, -0.2) is 4.39 Å². The monoisotopic (exact) mass is 207 g/mol. The lowest BCUT2D eigenvalue weighted by molar-refractivity contribution is 0.483. The SMILES string of the molecule is Cc1ccc(CF)cc1C1(C(C)N)CC1.